The van der Waals surface area contributed by atoms with Crippen LogP contribution < -0.4 is 10.6 Å². The van der Waals surface area contributed by atoms with Crippen LogP contribution in [0.3, 0.4) is 0 Å². The molecule has 7 heteroatoms. The van der Waals surface area contributed by atoms with Crippen LogP contribution >= 0.6 is 0 Å². The lowest BCUT2D eigenvalue weighted by Crippen LogP contribution is -2.16. The van der Waals surface area contributed by atoms with Crippen LogP contribution in [0, 0.1) is 5.92 Å². The number of rotatable bonds is 5. The molecule has 1 aliphatic carbocycles. The number of furan rings is 1. The molecule has 3 aromatic heterocycles. The molecule has 0 aliphatic heterocycles. The van der Waals surface area contributed by atoms with Gasteiger partial charge < -0.3 is 15.1 Å². The van der Waals surface area contributed by atoms with E-state index in [9.17, 15) is 9.59 Å². The molecule has 0 unspecified atom stereocenters. The molecule has 1 fully saturated rings. The van der Waals surface area contributed by atoms with Gasteiger partial charge in [0.15, 0.2) is 0 Å². The van der Waals surface area contributed by atoms with Crippen molar-refractivity contribution >= 4 is 23.3 Å². The number of pyridine rings is 2. The topological polar surface area (TPSA) is 97.1 Å². The summed E-state index contributed by atoms with van der Waals surface area (Å²) in [5.41, 5.74) is 2.68. The monoisotopic (exact) mass is 348 g/mol. The van der Waals surface area contributed by atoms with Gasteiger partial charge in [-0.05, 0) is 37.1 Å². The molecule has 0 spiro atoms. The molecule has 7 nitrogen and oxygen atoms in total. The molecule has 130 valence electrons. The average Bonchev–Trinajstić information content (AvgIpc) is 3.37. The Kier molecular flexibility index (Phi) is 4.18. The fourth-order valence-electron chi connectivity index (χ4n) is 2.51. The fourth-order valence-corrected chi connectivity index (χ4v) is 2.51. The third kappa shape index (κ3) is 3.61. The molecule has 1 aliphatic rings. The molecule has 3 aromatic rings. The van der Waals surface area contributed by atoms with Crippen LogP contribution in [0.15, 0.2) is 59.8 Å². The normalized spacial score (nSPS) is 13.2. The Balaban J connectivity index is 1.48. The van der Waals surface area contributed by atoms with E-state index in [1.54, 1.807) is 37.1 Å². The zero-order valence-electron chi connectivity index (χ0n) is 13.8. The summed E-state index contributed by atoms with van der Waals surface area (Å²) in [4.78, 5) is 32.6. The highest BCUT2D eigenvalue weighted by Crippen LogP contribution is 2.30. The Morgan fingerprint density at radius 2 is 1.96 bits per heavy atom. The van der Waals surface area contributed by atoms with E-state index in [1.807, 2.05) is 12.1 Å². The van der Waals surface area contributed by atoms with Crippen molar-refractivity contribution < 1.29 is 14.0 Å². The third-order valence-electron chi connectivity index (χ3n) is 4.07. The summed E-state index contributed by atoms with van der Waals surface area (Å²) in [7, 11) is 0. The van der Waals surface area contributed by atoms with E-state index in [1.165, 1.54) is 6.20 Å². The van der Waals surface area contributed by atoms with Crippen molar-refractivity contribution in [2.24, 2.45) is 5.92 Å². The second-order valence-electron chi connectivity index (χ2n) is 6.12. The Morgan fingerprint density at radius 1 is 1.08 bits per heavy atom. The standard InChI is InChI=1S/C19H16N4O3/c24-18(12-1-2-12)23-17-8-13(3-5-21-17)19(25)22-16-7-15(9-20-10-16)14-4-6-26-11-14/h3-12H,1-2H2,(H,22,25)(H,21,23,24). The van der Waals surface area contributed by atoms with E-state index >= 15 is 0 Å². The first-order valence-electron chi connectivity index (χ1n) is 8.25. The number of hydrogen-bond acceptors (Lipinski definition) is 5. The van der Waals surface area contributed by atoms with E-state index in [-0.39, 0.29) is 17.7 Å². The van der Waals surface area contributed by atoms with E-state index in [0.29, 0.717) is 17.1 Å². The highest BCUT2D eigenvalue weighted by molar-refractivity contribution is 6.05. The predicted molar refractivity (Wildman–Crippen MR) is 95.5 cm³/mol. The Hall–Kier alpha value is -3.48. The molecule has 0 bridgehead atoms. The van der Waals surface area contributed by atoms with Gasteiger partial charge in [-0.25, -0.2) is 4.98 Å². The van der Waals surface area contributed by atoms with Crippen LogP contribution in [0.4, 0.5) is 11.5 Å². The number of nitrogens with one attached hydrogen (secondary N) is 2. The molecule has 3 heterocycles. The van der Waals surface area contributed by atoms with Crippen molar-refractivity contribution in [3.05, 3.63) is 60.9 Å². The third-order valence-corrected chi connectivity index (χ3v) is 4.07. The molecule has 26 heavy (non-hydrogen) atoms. The number of aromatic nitrogens is 2. The number of nitrogens with zero attached hydrogens (tertiary/aromatic N) is 2. The minimum atomic E-state index is -0.305. The summed E-state index contributed by atoms with van der Waals surface area (Å²) in [5, 5.41) is 5.54. The lowest BCUT2D eigenvalue weighted by molar-refractivity contribution is -0.117. The highest BCUT2D eigenvalue weighted by Gasteiger charge is 2.29. The summed E-state index contributed by atoms with van der Waals surface area (Å²) in [6.07, 6.45) is 9.77. The summed E-state index contributed by atoms with van der Waals surface area (Å²) in [5.74, 6) is 0.0957. The van der Waals surface area contributed by atoms with Crippen molar-refractivity contribution in [3.8, 4) is 11.1 Å². The van der Waals surface area contributed by atoms with Crippen LogP contribution in [0.5, 0.6) is 0 Å². The van der Waals surface area contributed by atoms with Crippen LogP contribution in [-0.2, 0) is 4.79 Å². The number of hydrogen-bond donors (Lipinski definition) is 2. The van der Waals surface area contributed by atoms with Gasteiger partial charge in [0.2, 0.25) is 5.91 Å². The zero-order chi connectivity index (χ0) is 17.9. The van der Waals surface area contributed by atoms with Gasteiger partial charge in [-0.15, -0.1) is 0 Å². The summed E-state index contributed by atoms with van der Waals surface area (Å²) >= 11 is 0. The van der Waals surface area contributed by atoms with E-state index in [2.05, 4.69) is 20.6 Å². The van der Waals surface area contributed by atoms with Crippen LogP contribution in [0.1, 0.15) is 23.2 Å². The SMILES string of the molecule is O=C(Nc1cncc(-c2ccoc2)c1)c1ccnc(NC(=O)C2CC2)c1. The molecular weight excluding hydrogens is 332 g/mol. The van der Waals surface area contributed by atoms with Crippen molar-refractivity contribution in [1.82, 2.24) is 9.97 Å². The van der Waals surface area contributed by atoms with Gasteiger partial charge in [0.05, 0.1) is 24.4 Å². The quantitative estimate of drug-likeness (QED) is 0.737. The number of amides is 2. The van der Waals surface area contributed by atoms with Gasteiger partial charge >= 0.3 is 0 Å². The van der Waals surface area contributed by atoms with E-state index < -0.39 is 0 Å². The van der Waals surface area contributed by atoms with Gasteiger partial charge in [-0.3, -0.25) is 14.6 Å². The number of anilines is 2. The van der Waals surface area contributed by atoms with Crippen molar-refractivity contribution in [2.75, 3.05) is 10.6 Å². The van der Waals surface area contributed by atoms with Gasteiger partial charge in [-0.1, -0.05) is 0 Å². The van der Waals surface area contributed by atoms with Gasteiger partial charge in [-0.2, -0.15) is 0 Å². The second kappa shape index (κ2) is 6.79. The lowest BCUT2D eigenvalue weighted by atomic mass is 10.1. The van der Waals surface area contributed by atoms with Gasteiger partial charge in [0, 0.05) is 35.0 Å². The highest BCUT2D eigenvalue weighted by atomic mass is 16.3. The average molecular weight is 348 g/mol. The van der Waals surface area contributed by atoms with Crippen LogP contribution in [0.25, 0.3) is 11.1 Å². The minimum Gasteiger partial charge on any atom is -0.472 e. The Bertz CT molecular complexity index is 949. The van der Waals surface area contributed by atoms with Crippen LogP contribution in [-0.4, -0.2) is 21.8 Å². The molecule has 1 saturated carbocycles. The van der Waals surface area contributed by atoms with Crippen LogP contribution in [0.2, 0.25) is 0 Å². The number of carbonyl (C=O) groups is 2. The fraction of sp³-hybridized carbons (Fsp3) is 0.158. The summed E-state index contributed by atoms with van der Waals surface area (Å²) < 4.78 is 5.07. The molecule has 0 aromatic carbocycles. The second-order valence-corrected chi connectivity index (χ2v) is 6.12. The largest absolute Gasteiger partial charge is 0.472 e. The Morgan fingerprint density at radius 3 is 2.73 bits per heavy atom. The smallest absolute Gasteiger partial charge is 0.255 e. The van der Waals surface area contributed by atoms with E-state index in [4.69, 9.17) is 4.42 Å². The molecule has 2 amide bonds. The summed E-state index contributed by atoms with van der Waals surface area (Å²) in [6.45, 7) is 0. The van der Waals surface area contributed by atoms with Crippen molar-refractivity contribution in [2.45, 2.75) is 12.8 Å². The molecular formula is C19H16N4O3. The van der Waals surface area contributed by atoms with Crippen molar-refractivity contribution in [3.63, 3.8) is 0 Å². The maximum Gasteiger partial charge on any atom is 0.255 e. The molecule has 0 radical (unpaired) electrons. The minimum absolute atomic E-state index is 0.0490. The Labute approximate surface area is 149 Å². The first kappa shape index (κ1) is 16.0. The predicted octanol–water partition coefficient (Wildman–Crippen LogP) is 3.34. The van der Waals surface area contributed by atoms with Gasteiger partial charge in [0.1, 0.15) is 5.82 Å². The van der Waals surface area contributed by atoms with E-state index in [0.717, 1.165) is 24.0 Å². The number of carbonyl (C=O) groups excluding carboxylic acids is 2. The first-order chi connectivity index (χ1) is 12.7. The van der Waals surface area contributed by atoms with Crippen molar-refractivity contribution in [1.29, 1.82) is 0 Å². The molecule has 0 atom stereocenters. The van der Waals surface area contributed by atoms with Gasteiger partial charge in [0.25, 0.3) is 5.91 Å². The maximum atomic E-state index is 12.5. The molecule has 2 N–H and O–H groups in total. The lowest BCUT2D eigenvalue weighted by Gasteiger charge is -2.08. The summed E-state index contributed by atoms with van der Waals surface area (Å²) in [6, 6.07) is 6.78. The zero-order valence-corrected chi connectivity index (χ0v) is 13.8. The maximum absolute atomic E-state index is 12.5. The first-order valence-corrected chi connectivity index (χ1v) is 8.25. The molecule has 0 saturated heterocycles. The molecule has 4 rings (SSSR count).